The van der Waals surface area contributed by atoms with Crippen molar-refractivity contribution in [2.75, 3.05) is 13.2 Å². The average Bonchev–Trinajstić information content (AvgIpc) is 3.47. The molecule has 0 fully saturated rings. The summed E-state index contributed by atoms with van der Waals surface area (Å²) in [6.07, 6.45) is 94.9. The van der Waals surface area contributed by atoms with Gasteiger partial charge in [0.25, 0.3) is 0 Å². The Kier molecular flexibility index (Phi) is 64.8. The van der Waals surface area contributed by atoms with Gasteiger partial charge in [0, 0.05) is 19.3 Å². The molecule has 0 rings (SSSR count). The van der Waals surface area contributed by atoms with E-state index in [1.165, 1.54) is 135 Å². The zero-order valence-electron chi connectivity index (χ0n) is 53.0. The van der Waals surface area contributed by atoms with Crippen molar-refractivity contribution in [2.45, 2.75) is 322 Å². The lowest BCUT2D eigenvalue weighted by molar-refractivity contribution is -0.167. The molecule has 0 N–H and O–H groups in total. The van der Waals surface area contributed by atoms with Crippen LogP contribution in [0.25, 0.3) is 0 Å². The molecule has 6 heteroatoms. The van der Waals surface area contributed by atoms with Crippen molar-refractivity contribution >= 4 is 17.9 Å². The molecule has 0 spiro atoms. The van der Waals surface area contributed by atoms with Crippen molar-refractivity contribution in [3.05, 3.63) is 122 Å². The van der Waals surface area contributed by atoms with Gasteiger partial charge in [0.2, 0.25) is 0 Å². The summed E-state index contributed by atoms with van der Waals surface area (Å²) in [5.41, 5.74) is 0. The normalized spacial score (nSPS) is 12.9. The van der Waals surface area contributed by atoms with E-state index in [1.54, 1.807) is 0 Å². The lowest BCUT2D eigenvalue weighted by atomic mass is 10.1. The Hall–Kier alpha value is -4.19. The fourth-order valence-corrected chi connectivity index (χ4v) is 9.33. The topological polar surface area (TPSA) is 78.9 Å². The molecule has 0 bridgehead atoms. The van der Waals surface area contributed by atoms with E-state index in [2.05, 4.69) is 142 Å². The fraction of sp³-hybridized carbons (Fsp3) is 0.693. The Morgan fingerprint density at radius 2 is 0.481 bits per heavy atom. The third kappa shape index (κ3) is 66.5. The van der Waals surface area contributed by atoms with Gasteiger partial charge in [0.15, 0.2) is 6.10 Å². The minimum atomic E-state index is -0.796. The van der Waals surface area contributed by atoms with Gasteiger partial charge in [-0.3, -0.25) is 14.4 Å². The van der Waals surface area contributed by atoms with Gasteiger partial charge in [-0.15, -0.1) is 0 Å². The molecular formula is C75H126O6. The number of carbonyl (C=O) groups is 3. The van der Waals surface area contributed by atoms with Crippen molar-refractivity contribution < 1.29 is 28.6 Å². The van der Waals surface area contributed by atoms with Gasteiger partial charge in [-0.25, -0.2) is 0 Å². The molecule has 0 heterocycles. The Bertz CT molecular complexity index is 1670. The number of hydrogen-bond acceptors (Lipinski definition) is 6. The number of unbranched alkanes of at least 4 members (excludes halogenated alkanes) is 30. The number of hydrogen-bond donors (Lipinski definition) is 0. The zero-order chi connectivity index (χ0) is 58.5. The number of allylic oxidation sites excluding steroid dienone is 20. The van der Waals surface area contributed by atoms with Crippen LogP contribution in [0.1, 0.15) is 316 Å². The van der Waals surface area contributed by atoms with Crippen LogP contribution in [-0.2, 0) is 28.6 Å². The zero-order valence-corrected chi connectivity index (χ0v) is 53.0. The molecule has 1 unspecified atom stereocenters. The molecule has 0 aliphatic heterocycles. The van der Waals surface area contributed by atoms with E-state index >= 15 is 0 Å². The molecule has 0 radical (unpaired) electrons. The number of ether oxygens (including phenoxy) is 3. The van der Waals surface area contributed by atoms with Crippen LogP contribution in [0.5, 0.6) is 0 Å². The highest BCUT2D eigenvalue weighted by Gasteiger charge is 2.19. The van der Waals surface area contributed by atoms with E-state index in [-0.39, 0.29) is 31.1 Å². The van der Waals surface area contributed by atoms with E-state index in [4.69, 9.17) is 14.2 Å². The maximum atomic E-state index is 12.9. The summed E-state index contributed by atoms with van der Waals surface area (Å²) >= 11 is 0. The Morgan fingerprint density at radius 3 is 0.765 bits per heavy atom. The van der Waals surface area contributed by atoms with Crippen molar-refractivity contribution in [1.29, 1.82) is 0 Å². The lowest BCUT2D eigenvalue weighted by Gasteiger charge is -2.18. The van der Waals surface area contributed by atoms with Gasteiger partial charge in [0.1, 0.15) is 13.2 Å². The summed E-state index contributed by atoms with van der Waals surface area (Å²) in [6, 6.07) is 0. The smallest absolute Gasteiger partial charge is 0.306 e. The van der Waals surface area contributed by atoms with E-state index in [0.29, 0.717) is 19.3 Å². The second-order valence-corrected chi connectivity index (χ2v) is 22.3. The molecule has 0 saturated carbocycles. The van der Waals surface area contributed by atoms with E-state index in [0.717, 1.165) is 141 Å². The fourth-order valence-electron chi connectivity index (χ4n) is 9.33. The SMILES string of the molecule is CC/C=C\C/C=C\C/C=C\C/C=C\C/C=C\C/C=C\C/C=C\C/C=C\CCCCCCCCC(=O)OCC(COC(=O)CCCCCCC/C=C\CCCCCCCCC)OC(=O)CCCCCCC/C=C\CCCCCCCCC. The summed E-state index contributed by atoms with van der Waals surface area (Å²) in [5, 5.41) is 0. The second kappa shape index (κ2) is 68.3. The van der Waals surface area contributed by atoms with Gasteiger partial charge in [-0.2, -0.15) is 0 Å². The molecular weight excluding hydrogens is 997 g/mol. The van der Waals surface area contributed by atoms with Gasteiger partial charge in [-0.05, 0) is 135 Å². The first-order chi connectivity index (χ1) is 40.0. The minimum absolute atomic E-state index is 0.0908. The number of esters is 3. The van der Waals surface area contributed by atoms with Gasteiger partial charge in [-0.1, -0.05) is 284 Å². The van der Waals surface area contributed by atoms with Crippen LogP contribution in [0, 0.1) is 0 Å². The molecule has 0 amide bonds. The van der Waals surface area contributed by atoms with Crippen LogP contribution in [0.2, 0.25) is 0 Å². The molecule has 0 saturated heterocycles. The highest BCUT2D eigenvalue weighted by molar-refractivity contribution is 5.71. The Labute approximate surface area is 501 Å². The van der Waals surface area contributed by atoms with Gasteiger partial charge >= 0.3 is 17.9 Å². The van der Waals surface area contributed by atoms with E-state index in [9.17, 15) is 14.4 Å². The van der Waals surface area contributed by atoms with Crippen LogP contribution in [0.4, 0.5) is 0 Å². The highest BCUT2D eigenvalue weighted by Crippen LogP contribution is 2.15. The molecule has 0 aliphatic carbocycles. The molecule has 0 aromatic rings. The molecule has 6 nitrogen and oxygen atoms in total. The quantitative estimate of drug-likeness (QED) is 0.0261. The first kappa shape index (κ1) is 76.8. The lowest BCUT2D eigenvalue weighted by Crippen LogP contribution is -2.30. The van der Waals surface area contributed by atoms with Gasteiger partial charge < -0.3 is 14.2 Å². The van der Waals surface area contributed by atoms with Crippen LogP contribution in [0.3, 0.4) is 0 Å². The maximum absolute atomic E-state index is 12.9. The average molecular weight is 1120 g/mol. The minimum Gasteiger partial charge on any atom is -0.462 e. The summed E-state index contributed by atoms with van der Waals surface area (Å²) < 4.78 is 16.9. The summed E-state index contributed by atoms with van der Waals surface area (Å²) in [7, 11) is 0. The summed E-state index contributed by atoms with van der Waals surface area (Å²) in [5.74, 6) is -0.914. The van der Waals surface area contributed by atoms with Crippen molar-refractivity contribution in [1.82, 2.24) is 0 Å². The highest BCUT2D eigenvalue weighted by atomic mass is 16.6. The first-order valence-corrected chi connectivity index (χ1v) is 34.0. The van der Waals surface area contributed by atoms with Crippen molar-refractivity contribution in [2.24, 2.45) is 0 Å². The number of carbonyl (C=O) groups excluding carboxylic acids is 3. The van der Waals surface area contributed by atoms with Crippen LogP contribution < -0.4 is 0 Å². The first-order valence-electron chi connectivity index (χ1n) is 34.0. The Balaban J connectivity index is 4.36. The maximum Gasteiger partial charge on any atom is 0.306 e. The van der Waals surface area contributed by atoms with Crippen molar-refractivity contribution in [3.63, 3.8) is 0 Å². The predicted molar refractivity (Wildman–Crippen MR) is 353 cm³/mol. The summed E-state index contributed by atoms with van der Waals surface area (Å²) in [6.45, 7) is 6.52. The molecule has 1 atom stereocenters. The van der Waals surface area contributed by atoms with Crippen LogP contribution >= 0.6 is 0 Å². The van der Waals surface area contributed by atoms with Crippen LogP contribution in [-0.4, -0.2) is 37.2 Å². The van der Waals surface area contributed by atoms with Crippen molar-refractivity contribution in [3.8, 4) is 0 Å². The molecule has 0 aromatic carbocycles. The molecule has 0 aliphatic rings. The Morgan fingerprint density at radius 1 is 0.259 bits per heavy atom. The molecule has 462 valence electrons. The van der Waals surface area contributed by atoms with E-state index < -0.39 is 6.10 Å². The number of rotatable bonds is 61. The third-order valence-corrected chi connectivity index (χ3v) is 14.4. The monoisotopic (exact) mass is 1120 g/mol. The van der Waals surface area contributed by atoms with Gasteiger partial charge in [0.05, 0.1) is 0 Å². The predicted octanol–water partition coefficient (Wildman–Crippen LogP) is 23.6. The molecule has 0 aromatic heterocycles. The molecule has 81 heavy (non-hydrogen) atoms. The second-order valence-electron chi connectivity index (χ2n) is 22.3. The van der Waals surface area contributed by atoms with E-state index in [1.807, 2.05) is 0 Å². The standard InChI is InChI=1S/C75H126O6/c1-4-7-10-13-16-19-22-25-28-31-32-33-34-35-36-37-38-39-40-41-42-43-44-45-48-50-53-56-59-62-65-68-74(77)80-71-72(81-75(78)69-66-63-60-57-54-51-47-30-27-24-21-18-15-12-9-6-3)70-79-73(76)67-64-61-58-55-52-49-46-29-26-23-20-17-14-11-8-5-2/h7,10,16,19,25,28-30,32-33,35-36,38-39,41-42,44-47,72H,4-6,8-9,11-15,17-18,20-24,26-27,31,34,37,40,43,48-71H2,1-3H3/b10-7-,19-16-,28-25-,33-32-,36-35-,39-38-,42-41-,45-44-,46-29-,47-30-. The van der Waals surface area contributed by atoms with Crippen LogP contribution in [0.15, 0.2) is 122 Å². The summed E-state index contributed by atoms with van der Waals surface area (Å²) in [4.78, 5) is 38.4. The third-order valence-electron chi connectivity index (χ3n) is 14.4. The largest absolute Gasteiger partial charge is 0.462 e.